The van der Waals surface area contributed by atoms with Gasteiger partial charge in [0.15, 0.2) is 0 Å². The second-order valence-electron chi connectivity index (χ2n) is 14.2. The molecule has 0 aliphatic heterocycles. The first-order valence-corrected chi connectivity index (χ1v) is 20.4. The van der Waals surface area contributed by atoms with Gasteiger partial charge in [0, 0.05) is 43.4 Å². The van der Waals surface area contributed by atoms with Crippen LogP contribution in [0, 0.1) is 18.1 Å². The predicted octanol–water partition coefficient (Wildman–Crippen LogP) is 11.5. The van der Waals surface area contributed by atoms with Gasteiger partial charge in [0.05, 0.1) is 13.7 Å². The van der Waals surface area contributed by atoms with Crippen molar-refractivity contribution in [2.75, 3.05) is 0 Å². The molecule has 4 aromatic carbocycles. The third-order valence-electron chi connectivity index (χ3n) is 8.66. The van der Waals surface area contributed by atoms with Gasteiger partial charge in [-0.1, -0.05) is 130 Å². The summed E-state index contributed by atoms with van der Waals surface area (Å²) in [5.41, 5.74) is 10.7. The van der Waals surface area contributed by atoms with Gasteiger partial charge < -0.3 is 14.4 Å². The Morgan fingerprint density at radius 3 is 2.16 bits per heavy atom. The molecule has 0 aliphatic carbocycles. The normalized spacial score (nSPS) is 11.4. The van der Waals surface area contributed by atoms with Crippen molar-refractivity contribution in [1.82, 2.24) is 9.97 Å². The van der Waals surface area contributed by atoms with E-state index in [1.165, 1.54) is 16.3 Å². The van der Waals surface area contributed by atoms with Gasteiger partial charge in [-0.25, -0.2) is 0 Å². The maximum atomic E-state index is 6.45. The van der Waals surface area contributed by atoms with E-state index in [0.717, 1.165) is 62.0 Å². The van der Waals surface area contributed by atoms with E-state index in [4.69, 9.17) is 4.42 Å². The summed E-state index contributed by atoms with van der Waals surface area (Å²) in [7, 11) is -1.34. The molecule has 0 fully saturated rings. The van der Waals surface area contributed by atoms with E-state index in [-0.39, 0.29) is 20.1 Å². The molecule has 5 heteroatoms. The van der Waals surface area contributed by atoms with Crippen LogP contribution in [0.3, 0.4) is 0 Å². The van der Waals surface area contributed by atoms with E-state index in [2.05, 4.69) is 148 Å². The summed E-state index contributed by atoms with van der Waals surface area (Å²) in [6, 6.07) is 41.9. The van der Waals surface area contributed by atoms with Crippen LogP contribution in [-0.2, 0) is 26.5 Å². The summed E-state index contributed by atoms with van der Waals surface area (Å²) < 4.78 is 6.45. The van der Waals surface area contributed by atoms with Crippen LogP contribution in [0.1, 0.15) is 44.7 Å². The van der Waals surface area contributed by atoms with Crippen LogP contribution in [0.4, 0.5) is 0 Å². The third kappa shape index (κ3) is 8.19. The van der Waals surface area contributed by atoms with Gasteiger partial charge in [0.25, 0.3) is 0 Å². The number of pyridine rings is 2. The number of aromatic nitrogens is 2. The summed E-state index contributed by atoms with van der Waals surface area (Å²) in [6.45, 7) is 16.1. The largest absolute Gasteiger partial charge is 0.500 e. The summed E-state index contributed by atoms with van der Waals surface area (Å²) in [4.78, 5) is 9.29. The molecule has 7 aromatic rings. The molecule has 0 spiro atoms. The van der Waals surface area contributed by atoms with Gasteiger partial charge in [-0.15, -0.1) is 54.1 Å². The number of hydrogen-bond acceptors (Lipinski definition) is 3. The van der Waals surface area contributed by atoms with Gasteiger partial charge in [0.2, 0.25) is 0 Å². The maximum Gasteiger partial charge on any atom is 0.128 e. The zero-order valence-corrected chi connectivity index (χ0v) is 32.9. The van der Waals surface area contributed by atoms with Crippen LogP contribution in [-0.4, -0.2) is 18.0 Å². The second-order valence-corrected chi connectivity index (χ2v) is 19.3. The van der Waals surface area contributed by atoms with E-state index in [9.17, 15) is 0 Å². The number of hydrogen-bond donors (Lipinski definition) is 0. The molecule has 251 valence electrons. The van der Waals surface area contributed by atoms with E-state index in [1.54, 1.807) is 0 Å². The Morgan fingerprint density at radius 2 is 1.47 bits per heavy atom. The fourth-order valence-electron chi connectivity index (χ4n) is 6.22. The Labute approximate surface area is 306 Å². The molecule has 0 atom stereocenters. The van der Waals surface area contributed by atoms with E-state index >= 15 is 0 Å². The van der Waals surface area contributed by atoms with Gasteiger partial charge in [-0.2, -0.15) is 0 Å². The van der Waals surface area contributed by atoms with Crippen molar-refractivity contribution in [2.45, 2.75) is 59.7 Å². The average Bonchev–Trinajstić information content (AvgIpc) is 3.48. The van der Waals surface area contributed by atoms with Gasteiger partial charge in [0.1, 0.15) is 5.58 Å². The van der Waals surface area contributed by atoms with Gasteiger partial charge in [-0.05, 0) is 46.5 Å². The van der Waals surface area contributed by atoms with Crippen LogP contribution in [0.5, 0.6) is 0 Å². The van der Waals surface area contributed by atoms with Gasteiger partial charge in [-0.3, -0.25) is 0 Å². The molecule has 0 amide bonds. The molecule has 0 aliphatic rings. The smallest absolute Gasteiger partial charge is 0.128 e. The van der Waals surface area contributed by atoms with Crippen molar-refractivity contribution in [3.8, 4) is 33.6 Å². The topological polar surface area (TPSA) is 38.9 Å². The van der Waals surface area contributed by atoms with Crippen LogP contribution in [0.15, 0.2) is 120 Å². The minimum absolute atomic E-state index is 0. The standard InChI is InChI=1S/C26H20NO.C18H24NSi.Ir/c1-17(2)19-14-15-27-24(16-19)23-13-7-12-22-21-11-6-10-20(25(21)28-26(22)23)18-8-4-3-5-9-18;1-14(2)11-16-12-17(15-9-7-6-8-10-15)19-13-18(16)20(3,4)5;/h3-12,14-17H,1-2H3;6-9,12-14H,11H2,1-5H3;/q2*-1;. The van der Waals surface area contributed by atoms with Crippen molar-refractivity contribution in [3.63, 3.8) is 0 Å². The number of furan rings is 1. The van der Waals surface area contributed by atoms with Crippen LogP contribution in [0.2, 0.25) is 19.6 Å². The Morgan fingerprint density at radius 1 is 0.714 bits per heavy atom. The summed E-state index contributed by atoms with van der Waals surface area (Å²) >= 11 is 0. The Balaban J connectivity index is 0.000000199. The van der Waals surface area contributed by atoms with E-state index in [0.29, 0.717) is 11.8 Å². The van der Waals surface area contributed by atoms with Gasteiger partial charge >= 0.3 is 0 Å². The Kier molecular flexibility index (Phi) is 11.5. The first-order valence-electron chi connectivity index (χ1n) is 16.9. The fraction of sp³-hybridized carbons (Fsp3) is 0.227. The molecule has 3 aromatic heterocycles. The minimum Gasteiger partial charge on any atom is -0.500 e. The first kappa shape index (κ1) is 36.1. The molecule has 0 N–H and O–H groups in total. The van der Waals surface area contributed by atoms with Crippen molar-refractivity contribution in [2.24, 2.45) is 5.92 Å². The Bertz CT molecular complexity index is 2150. The number of benzene rings is 4. The summed E-state index contributed by atoms with van der Waals surface area (Å²) in [6.07, 6.45) is 5.11. The summed E-state index contributed by atoms with van der Waals surface area (Å²) in [5, 5.41) is 3.70. The van der Waals surface area contributed by atoms with Crippen molar-refractivity contribution >= 4 is 35.2 Å². The number of para-hydroxylation sites is 1. The molecular formula is C44H44IrN2OSi-2. The zero-order valence-electron chi connectivity index (χ0n) is 29.5. The average molecular weight is 837 g/mol. The number of fused-ring (bicyclic) bond motifs is 3. The summed E-state index contributed by atoms with van der Waals surface area (Å²) in [5.74, 6) is 1.11. The monoisotopic (exact) mass is 837 g/mol. The molecule has 3 heterocycles. The molecule has 7 rings (SSSR count). The van der Waals surface area contributed by atoms with Crippen LogP contribution >= 0.6 is 0 Å². The first-order chi connectivity index (χ1) is 23.1. The van der Waals surface area contributed by atoms with Crippen molar-refractivity contribution < 1.29 is 24.5 Å². The molecule has 0 unspecified atom stereocenters. The zero-order chi connectivity index (χ0) is 33.8. The van der Waals surface area contributed by atoms with Crippen molar-refractivity contribution in [1.29, 1.82) is 0 Å². The predicted molar refractivity (Wildman–Crippen MR) is 205 cm³/mol. The van der Waals surface area contributed by atoms with Crippen molar-refractivity contribution in [3.05, 3.63) is 139 Å². The maximum absolute atomic E-state index is 6.45. The molecule has 49 heavy (non-hydrogen) atoms. The van der Waals surface area contributed by atoms with E-state index in [1.807, 2.05) is 36.5 Å². The second kappa shape index (κ2) is 15.6. The fourth-order valence-corrected chi connectivity index (χ4v) is 7.81. The van der Waals surface area contributed by atoms with Crippen LogP contribution in [0.25, 0.3) is 55.6 Å². The molecular weight excluding hydrogens is 793 g/mol. The minimum atomic E-state index is -1.34. The SMILES string of the molecule is CC(C)Cc1cc(-c2[c-]cccc2)ncc1[Si](C)(C)C.CC(C)c1ccnc(-c2[c-]ccc3c2oc2c(-c4ccccc4)cccc23)c1.[Ir]. The molecule has 3 nitrogen and oxygen atoms in total. The Hall–Kier alpha value is -4.15. The quantitative estimate of drug-likeness (QED) is 0.119. The van der Waals surface area contributed by atoms with Crippen LogP contribution < -0.4 is 5.19 Å². The third-order valence-corrected chi connectivity index (χ3v) is 10.7. The molecule has 1 radical (unpaired) electrons. The molecule has 0 saturated carbocycles. The molecule has 0 bridgehead atoms. The number of rotatable bonds is 7. The molecule has 0 saturated heterocycles. The number of nitrogens with zero attached hydrogens (tertiary/aromatic N) is 2. The van der Waals surface area contributed by atoms with E-state index < -0.39 is 8.07 Å².